The van der Waals surface area contributed by atoms with Crippen LogP contribution in [0.25, 0.3) is 11.3 Å². The summed E-state index contributed by atoms with van der Waals surface area (Å²) >= 11 is 0. The average Bonchev–Trinajstić information content (AvgIpc) is 3.26. The Kier molecular flexibility index (Phi) is 7.30. The number of carbonyl (C=O) groups is 1. The van der Waals surface area contributed by atoms with E-state index in [4.69, 9.17) is 9.47 Å². The number of amides is 1. The molecule has 3 aromatic rings. The van der Waals surface area contributed by atoms with Gasteiger partial charge in [0.25, 0.3) is 5.91 Å². The van der Waals surface area contributed by atoms with Crippen molar-refractivity contribution in [3.63, 3.8) is 0 Å². The number of hydrogen-bond acceptors (Lipinski definition) is 5. The summed E-state index contributed by atoms with van der Waals surface area (Å²) in [7, 11) is 1.59. The van der Waals surface area contributed by atoms with Crippen LogP contribution in [0.4, 0.5) is 13.2 Å². The Hall–Kier alpha value is -3.53. The lowest BCUT2D eigenvalue weighted by molar-refractivity contribution is -0.274. The van der Waals surface area contributed by atoms with Gasteiger partial charge in [-0.3, -0.25) is 4.79 Å². The molecule has 0 spiro atoms. The molecular formula is C25H26F3N3O4. The Labute approximate surface area is 200 Å². The van der Waals surface area contributed by atoms with E-state index in [-0.39, 0.29) is 18.3 Å². The SMILES string of the molecule is COc1ccc(C)cc1-c1cc(CNC(=O)c2ccccc2OC(F)(F)F)nn1C1CCCCO1. The van der Waals surface area contributed by atoms with Crippen LogP contribution in [0.15, 0.2) is 48.5 Å². The molecule has 1 aromatic heterocycles. The second-order valence-corrected chi connectivity index (χ2v) is 8.22. The number of carbonyl (C=O) groups excluding carboxylic acids is 1. The molecule has 0 saturated carbocycles. The lowest BCUT2D eigenvalue weighted by Crippen LogP contribution is -2.26. The minimum atomic E-state index is -4.91. The number of methoxy groups -OCH3 is 1. The fourth-order valence-electron chi connectivity index (χ4n) is 4.02. The van der Waals surface area contributed by atoms with Gasteiger partial charge >= 0.3 is 6.36 Å². The monoisotopic (exact) mass is 489 g/mol. The number of nitrogens with one attached hydrogen (secondary N) is 1. The lowest BCUT2D eigenvalue weighted by Gasteiger charge is -2.25. The zero-order valence-corrected chi connectivity index (χ0v) is 19.4. The molecule has 1 aliphatic rings. The van der Waals surface area contributed by atoms with Crippen molar-refractivity contribution in [2.24, 2.45) is 0 Å². The number of nitrogens with zero attached hydrogens (tertiary/aromatic N) is 2. The summed E-state index contributed by atoms with van der Waals surface area (Å²) in [5, 5.41) is 7.32. The first-order chi connectivity index (χ1) is 16.7. The fraction of sp³-hybridized carbons (Fsp3) is 0.360. The van der Waals surface area contributed by atoms with Crippen LogP contribution < -0.4 is 14.8 Å². The maximum absolute atomic E-state index is 12.7. The molecule has 1 atom stereocenters. The average molecular weight is 489 g/mol. The van der Waals surface area contributed by atoms with Gasteiger partial charge in [-0.25, -0.2) is 4.68 Å². The van der Waals surface area contributed by atoms with E-state index in [0.717, 1.165) is 42.1 Å². The topological polar surface area (TPSA) is 74.6 Å². The minimum Gasteiger partial charge on any atom is -0.496 e. The van der Waals surface area contributed by atoms with Crippen molar-refractivity contribution in [2.75, 3.05) is 13.7 Å². The molecular weight excluding hydrogens is 463 g/mol. The summed E-state index contributed by atoms with van der Waals surface area (Å²) in [6, 6.07) is 12.8. The third-order valence-electron chi connectivity index (χ3n) is 5.63. The van der Waals surface area contributed by atoms with E-state index in [2.05, 4.69) is 15.2 Å². The first kappa shape index (κ1) is 24.6. The number of alkyl halides is 3. The van der Waals surface area contributed by atoms with Crippen LogP contribution in [0.3, 0.4) is 0 Å². The van der Waals surface area contributed by atoms with Crippen molar-refractivity contribution in [2.45, 2.75) is 45.3 Å². The highest BCUT2D eigenvalue weighted by atomic mass is 19.4. The lowest BCUT2D eigenvalue weighted by atomic mass is 10.1. The van der Waals surface area contributed by atoms with Gasteiger partial charge < -0.3 is 19.5 Å². The molecule has 4 rings (SSSR count). The van der Waals surface area contributed by atoms with Crippen LogP contribution in [-0.2, 0) is 11.3 Å². The summed E-state index contributed by atoms with van der Waals surface area (Å²) in [5.74, 6) is -0.604. The molecule has 1 fully saturated rings. The third-order valence-corrected chi connectivity index (χ3v) is 5.63. The van der Waals surface area contributed by atoms with Crippen molar-refractivity contribution in [3.8, 4) is 22.8 Å². The molecule has 1 N–H and O–H groups in total. The Morgan fingerprint density at radius 2 is 1.97 bits per heavy atom. The Bertz CT molecular complexity index is 1190. The van der Waals surface area contributed by atoms with E-state index >= 15 is 0 Å². The fourth-order valence-corrected chi connectivity index (χ4v) is 4.02. The Morgan fingerprint density at radius 1 is 1.17 bits per heavy atom. The summed E-state index contributed by atoms with van der Waals surface area (Å²) in [4.78, 5) is 12.7. The highest BCUT2D eigenvalue weighted by Crippen LogP contribution is 2.35. The Morgan fingerprint density at radius 3 is 2.69 bits per heavy atom. The van der Waals surface area contributed by atoms with Gasteiger partial charge in [-0.1, -0.05) is 23.8 Å². The molecule has 1 unspecified atom stereocenters. The van der Waals surface area contributed by atoms with Crippen molar-refractivity contribution in [1.82, 2.24) is 15.1 Å². The zero-order valence-electron chi connectivity index (χ0n) is 19.4. The molecule has 35 heavy (non-hydrogen) atoms. The number of aromatic nitrogens is 2. The van der Waals surface area contributed by atoms with Crippen LogP contribution >= 0.6 is 0 Å². The van der Waals surface area contributed by atoms with Crippen LogP contribution in [-0.4, -0.2) is 35.8 Å². The molecule has 2 heterocycles. The van der Waals surface area contributed by atoms with Gasteiger partial charge in [-0.2, -0.15) is 5.10 Å². The first-order valence-electron chi connectivity index (χ1n) is 11.2. The van der Waals surface area contributed by atoms with Gasteiger partial charge in [-0.15, -0.1) is 13.2 Å². The van der Waals surface area contributed by atoms with E-state index < -0.39 is 18.0 Å². The van der Waals surface area contributed by atoms with Crippen LogP contribution in [0.2, 0.25) is 0 Å². The number of benzene rings is 2. The molecule has 0 aliphatic carbocycles. The van der Waals surface area contributed by atoms with E-state index in [1.54, 1.807) is 11.8 Å². The standard InChI is InChI=1S/C25H26F3N3O4/c1-16-10-11-21(33-2)19(13-16)20-14-17(30-31(20)23-9-5-6-12-34-23)15-29-24(32)18-7-3-4-8-22(18)35-25(26,27)28/h3-4,7-8,10-11,13-14,23H,5-6,9,12,15H2,1-2H3,(H,29,32). The number of para-hydroxylation sites is 1. The second-order valence-electron chi connectivity index (χ2n) is 8.22. The van der Waals surface area contributed by atoms with Gasteiger partial charge in [-0.05, 0) is 56.5 Å². The second kappa shape index (κ2) is 10.4. The van der Waals surface area contributed by atoms with E-state index in [1.165, 1.54) is 18.2 Å². The number of aryl methyl sites for hydroxylation is 1. The van der Waals surface area contributed by atoms with Gasteiger partial charge in [0.15, 0.2) is 6.23 Å². The number of ether oxygens (including phenoxy) is 3. The molecule has 7 nitrogen and oxygen atoms in total. The van der Waals surface area contributed by atoms with Gasteiger partial charge in [0.2, 0.25) is 0 Å². The van der Waals surface area contributed by atoms with E-state index in [1.807, 2.05) is 31.2 Å². The largest absolute Gasteiger partial charge is 0.573 e. The normalized spacial score (nSPS) is 16.1. The number of hydrogen-bond donors (Lipinski definition) is 1. The third kappa shape index (κ3) is 5.94. The van der Waals surface area contributed by atoms with Gasteiger partial charge in [0.1, 0.15) is 11.5 Å². The van der Waals surface area contributed by atoms with Gasteiger partial charge in [0, 0.05) is 12.2 Å². The number of rotatable bonds is 7. The number of halogens is 3. The highest BCUT2D eigenvalue weighted by Gasteiger charge is 2.33. The molecule has 0 radical (unpaired) electrons. The summed E-state index contributed by atoms with van der Waals surface area (Å²) < 4.78 is 55.5. The highest BCUT2D eigenvalue weighted by molar-refractivity contribution is 5.96. The maximum Gasteiger partial charge on any atom is 0.573 e. The molecule has 2 aromatic carbocycles. The smallest absolute Gasteiger partial charge is 0.496 e. The molecule has 0 bridgehead atoms. The first-order valence-corrected chi connectivity index (χ1v) is 11.2. The van der Waals surface area contributed by atoms with Crippen LogP contribution in [0.1, 0.15) is 47.1 Å². The maximum atomic E-state index is 12.7. The van der Waals surface area contributed by atoms with Crippen molar-refractivity contribution in [1.29, 1.82) is 0 Å². The summed E-state index contributed by atoms with van der Waals surface area (Å²) in [6.07, 6.45) is -2.41. The quantitative estimate of drug-likeness (QED) is 0.481. The van der Waals surface area contributed by atoms with Crippen LogP contribution in [0, 0.1) is 6.92 Å². The van der Waals surface area contributed by atoms with Crippen molar-refractivity contribution in [3.05, 3.63) is 65.4 Å². The van der Waals surface area contributed by atoms with Crippen molar-refractivity contribution >= 4 is 5.91 Å². The molecule has 1 saturated heterocycles. The summed E-state index contributed by atoms with van der Waals surface area (Å²) in [6.45, 7) is 2.60. The predicted octanol–water partition coefficient (Wildman–Crippen LogP) is 5.39. The van der Waals surface area contributed by atoms with Crippen molar-refractivity contribution < 1.29 is 32.2 Å². The Balaban J connectivity index is 1.61. The molecule has 186 valence electrons. The van der Waals surface area contributed by atoms with Gasteiger partial charge in [0.05, 0.1) is 30.6 Å². The van der Waals surface area contributed by atoms with E-state index in [0.29, 0.717) is 18.1 Å². The molecule has 1 amide bonds. The molecule has 1 aliphatic heterocycles. The minimum absolute atomic E-state index is 0.0000364. The predicted molar refractivity (Wildman–Crippen MR) is 122 cm³/mol. The molecule has 10 heteroatoms. The van der Waals surface area contributed by atoms with E-state index in [9.17, 15) is 18.0 Å². The summed E-state index contributed by atoms with van der Waals surface area (Å²) in [5.41, 5.74) is 2.94. The zero-order chi connectivity index (χ0) is 25.0. The van der Waals surface area contributed by atoms with Crippen LogP contribution in [0.5, 0.6) is 11.5 Å².